The minimum absolute atomic E-state index is 0.0989. The maximum atomic E-state index is 11.9. The average Bonchev–Trinajstić information content (AvgIpc) is 2.66. The lowest BCUT2D eigenvalue weighted by molar-refractivity contribution is 0.158. The number of rotatable bonds is 7. The number of aromatic nitrogens is 1. The van der Waals surface area contributed by atoms with Gasteiger partial charge >= 0.3 is 0 Å². The van der Waals surface area contributed by atoms with Gasteiger partial charge in [0.2, 0.25) is 0 Å². The number of ether oxygens (including phenoxy) is 1. The quantitative estimate of drug-likeness (QED) is 0.741. The molecule has 0 aliphatic heterocycles. The third-order valence-corrected chi connectivity index (χ3v) is 4.93. The molecule has 0 amide bonds. The summed E-state index contributed by atoms with van der Waals surface area (Å²) in [5.41, 5.74) is 0. The van der Waals surface area contributed by atoms with Crippen LogP contribution in [-0.2, 0) is 14.8 Å². The Morgan fingerprint density at radius 1 is 1.65 bits per heavy atom. The monoisotopic (exact) mass is 280 g/mol. The number of methoxy groups -OCH3 is 1. The van der Waals surface area contributed by atoms with Gasteiger partial charge in [-0.1, -0.05) is 0 Å². The Bertz CT molecular complexity index is 438. The number of thiazole rings is 1. The first-order valence-corrected chi connectivity index (χ1v) is 7.34. The standard InChI is InChI=1S/C9H16N2O4S2/c1-7-10-5-9(16-7)17(13,14)11-8(3-4-12)6-15-2/h5,8,11-12H,3-4,6H2,1-2H3. The van der Waals surface area contributed by atoms with Gasteiger partial charge in [-0.2, -0.15) is 0 Å². The SMILES string of the molecule is COCC(CCO)NS(=O)(=O)c1cnc(C)s1. The minimum Gasteiger partial charge on any atom is -0.396 e. The molecule has 0 radical (unpaired) electrons. The lowest BCUT2D eigenvalue weighted by Crippen LogP contribution is -2.38. The molecule has 1 unspecified atom stereocenters. The molecular formula is C9H16N2O4S2. The lowest BCUT2D eigenvalue weighted by atomic mass is 10.2. The summed E-state index contributed by atoms with van der Waals surface area (Å²) in [5, 5.41) is 9.53. The summed E-state index contributed by atoms with van der Waals surface area (Å²) >= 11 is 1.11. The molecule has 0 saturated carbocycles. The molecule has 0 spiro atoms. The second-order valence-electron chi connectivity index (χ2n) is 3.48. The summed E-state index contributed by atoms with van der Waals surface area (Å²) in [6.45, 7) is 1.86. The minimum atomic E-state index is -3.57. The van der Waals surface area contributed by atoms with E-state index in [0.717, 1.165) is 11.3 Å². The van der Waals surface area contributed by atoms with E-state index in [1.807, 2.05) is 0 Å². The zero-order valence-corrected chi connectivity index (χ0v) is 11.3. The number of sulfonamides is 1. The van der Waals surface area contributed by atoms with Crippen molar-refractivity contribution in [2.24, 2.45) is 0 Å². The first kappa shape index (κ1) is 14.5. The molecule has 0 saturated heterocycles. The van der Waals surface area contributed by atoms with Crippen LogP contribution in [0.5, 0.6) is 0 Å². The van der Waals surface area contributed by atoms with E-state index < -0.39 is 16.1 Å². The molecule has 1 aromatic rings. The number of aliphatic hydroxyl groups is 1. The number of aryl methyl sites for hydroxylation is 1. The van der Waals surface area contributed by atoms with Crippen LogP contribution in [-0.4, -0.2) is 44.9 Å². The maximum Gasteiger partial charge on any atom is 0.252 e. The molecule has 0 aromatic carbocycles. The first-order chi connectivity index (χ1) is 7.99. The molecule has 1 rings (SSSR count). The zero-order valence-electron chi connectivity index (χ0n) is 9.71. The third kappa shape index (κ3) is 4.32. The van der Waals surface area contributed by atoms with Crippen LogP contribution in [0.1, 0.15) is 11.4 Å². The van der Waals surface area contributed by atoms with E-state index in [2.05, 4.69) is 9.71 Å². The maximum absolute atomic E-state index is 11.9. The fourth-order valence-corrected chi connectivity index (χ4v) is 3.66. The van der Waals surface area contributed by atoms with Gasteiger partial charge in [0.05, 0.1) is 17.8 Å². The molecule has 98 valence electrons. The van der Waals surface area contributed by atoms with E-state index in [9.17, 15) is 8.42 Å². The number of hydrogen-bond donors (Lipinski definition) is 2. The van der Waals surface area contributed by atoms with Crippen molar-refractivity contribution < 1.29 is 18.3 Å². The van der Waals surface area contributed by atoms with Crippen molar-refractivity contribution in [1.29, 1.82) is 0 Å². The molecule has 6 nitrogen and oxygen atoms in total. The van der Waals surface area contributed by atoms with Crippen molar-refractivity contribution in [1.82, 2.24) is 9.71 Å². The second-order valence-corrected chi connectivity index (χ2v) is 6.66. The Labute approximate surface area is 105 Å². The van der Waals surface area contributed by atoms with Gasteiger partial charge in [-0.05, 0) is 13.3 Å². The van der Waals surface area contributed by atoms with Crippen LogP contribution in [0.15, 0.2) is 10.4 Å². The molecular weight excluding hydrogens is 264 g/mol. The Balaban J connectivity index is 2.77. The molecule has 0 aliphatic rings. The van der Waals surface area contributed by atoms with Crippen LogP contribution < -0.4 is 4.72 Å². The molecule has 17 heavy (non-hydrogen) atoms. The molecule has 1 heterocycles. The average molecular weight is 280 g/mol. The number of nitrogens with one attached hydrogen (secondary N) is 1. The van der Waals surface area contributed by atoms with Crippen molar-refractivity contribution in [3.05, 3.63) is 11.2 Å². The zero-order chi connectivity index (χ0) is 12.9. The predicted octanol–water partition coefficient (Wildman–Crippen LogP) is 0.127. The highest BCUT2D eigenvalue weighted by atomic mass is 32.2. The summed E-state index contributed by atoms with van der Waals surface area (Å²) in [4.78, 5) is 3.90. The van der Waals surface area contributed by atoms with E-state index in [1.165, 1.54) is 13.3 Å². The Hall–Kier alpha value is -0.540. The van der Waals surface area contributed by atoms with Gasteiger partial charge in [0.25, 0.3) is 10.0 Å². The molecule has 0 fully saturated rings. The summed E-state index contributed by atoms with van der Waals surface area (Å²) in [6, 6.07) is -0.433. The van der Waals surface area contributed by atoms with E-state index in [-0.39, 0.29) is 17.4 Å². The Morgan fingerprint density at radius 2 is 2.35 bits per heavy atom. The van der Waals surface area contributed by atoms with E-state index in [0.29, 0.717) is 11.4 Å². The van der Waals surface area contributed by atoms with Gasteiger partial charge in [-0.15, -0.1) is 11.3 Å². The highest BCUT2D eigenvalue weighted by molar-refractivity contribution is 7.91. The number of nitrogens with zero attached hydrogens (tertiary/aromatic N) is 1. The predicted molar refractivity (Wildman–Crippen MR) is 64.5 cm³/mol. The Morgan fingerprint density at radius 3 is 2.82 bits per heavy atom. The van der Waals surface area contributed by atoms with Crippen molar-refractivity contribution in [3.63, 3.8) is 0 Å². The summed E-state index contributed by atoms with van der Waals surface area (Å²) in [7, 11) is -2.09. The van der Waals surface area contributed by atoms with E-state index in [4.69, 9.17) is 9.84 Å². The highest BCUT2D eigenvalue weighted by Gasteiger charge is 2.21. The summed E-state index contributed by atoms with van der Waals surface area (Å²) in [6.07, 6.45) is 1.63. The van der Waals surface area contributed by atoms with Gasteiger partial charge in [-0.3, -0.25) is 0 Å². The van der Waals surface area contributed by atoms with Gasteiger partial charge in [0.1, 0.15) is 0 Å². The second kappa shape index (κ2) is 6.41. The smallest absolute Gasteiger partial charge is 0.252 e. The van der Waals surface area contributed by atoms with Gasteiger partial charge in [-0.25, -0.2) is 18.1 Å². The van der Waals surface area contributed by atoms with Crippen LogP contribution in [0, 0.1) is 6.92 Å². The van der Waals surface area contributed by atoms with Gasteiger partial charge in [0.15, 0.2) is 4.21 Å². The third-order valence-electron chi connectivity index (χ3n) is 2.03. The molecule has 0 bridgehead atoms. The van der Waals surface area contributed by atoms with Crippen LogP contribution in [0.2, 0.25) is 0 Å². The molecule has 2 N–H and O–H groups in total. The van der Waals surface area contributed by atoms with E-state index in [1.54, 1.807) is 6.92 Å². The van der Waals surface area contributed by atoms with Crippen LogP contribution >= 0.6 is 11.3 Å². The molecule has 1 aromatic heterocycles. The van der Waals surface area contributed by atoms with Crippen molar-refractivity contribution in [2.75, 3.05) is 20.3 Å². The lowest BCUT2D eigenvalue weighted by Gasteiger charge is -2.15. The largest absolute Gasteiger partial charge is 0.396 e. The van der Waals surface area contributed by atoms with Crippen molar-refractivity contribution >= 4 is 21.4 Å². The van der Waals surface area contributed by atoms with Crippen LogP contribution in [0.25, 0.3) is 0 Å². The molecule has 8 heteroatoms. The first-order valence-electron chi connectivity index (χ1n) is 5.04. The fourth-order valence-electron chi connectivity index (χ4n) is 1.28. The van der Waals surface area contributed by atoms with Crippen LogP contribution in [0.3, 0.4) is 0 Å². The van der Waals surface area contributed by atoms with Gasteiger partial charge in [0, 0.05) is 19.8 Å². The normalized spacial score (nSPS) is 13.8. The molecule has 1 atom stereocenters. The fraction of sp³-hybridized carbons (Fsp3) is 0.667. The highest BCUT2D eigenvalue weighted by Crippen LogP contribution is 2.18. The number of hydrogen-bond acceptors (Lipinski definition) is 6. The van der Waals surface area contributed by atoms with Crippen LogP contribution in [0.4, 0.5) is 0 Å². The molecule has 0 aliphatic carbocycles. The van der Waals surface area contributed by atoms with Crippen molar-refractivity contribution in [2.45, 2.75) is 23.6 Å². The Kier molecular flexibility index (Phi) is 5.47. The van der Waals surface area contributed by atoms with Gasteiger partial charge < -0.3 is 9.84 Å². The van der Waals surface area contributed by atoms with E-state index >= 15 is 0 Å². The number of aliphatic hydroxyl groups excluding tert-OH is 1. The summed E-state index contributed by atoms with van der Waals surface area (Å²) in [5.74, 6) is 0. The van der Waals surface area contributed by atoms with Crippen molar-refractivity contribution in [3.8, 4) is 0 Å². The topological polar surface area (TPSA) is 88.5 Å². The summed E-state index contributed by atoms with van der Waals surface area (Å²) < 4.78 is 31.4.